The summed E-state index contributed by atoms with van der Waals surface area (Å²) >= 11 is 8.01. The van der Waals surface area contributed by atoms with Crippen molar-refractivity contribution in [1.82, 2.24) is 4.57 Å². The minimum absolute atomic E-state index is 0.293. The third-order valence-electron chi connectivity index (χ3n) is 3.19. The fourth-order valence-electron chi connectivity index (χ4n) is 2.05. The first-order valence-electron chi connectivity index (χ1n) is 5.96. The molecule has 0 aliphatic carbocycles. The van der Waals surface area contributed by atoms with Gasteiger partial charge in [-0.15, -0.1) is 22.9 Å². The average molecular weight is 310 g/mol. The summed E-state index contributed by atoms with van der Waals surface area (Å²) in [5.41, 5.74) is 2.19. The third kappa shape index (κ3) is 2.13. The van der Waals surface area contributed by atoms with Crippen LogP contribution in [0.1, 0.15) is 15.8 Å². The van der Waals surface area contributed by atoms with Crippen LogP contribution in [0.4, 0.5) is 0 Å². The zero-order valence-corrected chi connectivity index (χ0v) is 12.5. The highest BCUT2D eigenvalue weighted by Crippen LogP contribution is 2.36. The summed E-state index contributed by atoms with van der Waals surface area (Å²) in [5.74, 6) is 0.420. The molecule has 1 atom stereocenters. The van der Waals surface area contributed by atoms with Crippen LogP contribution in [0.3, 0.4) is 0 Å². The second-order valence-electron chi connectivity index (χ2n) is 4.41. The van der Waals surface area contributed by atoms with Crippen LogP contribution in [-0.2, 0) is 7.05 Å². The minimum Gasteiger partial charge on any atom is -0.496 e. The molecule has 1 aromatic carbocycles. The molecule has 0 aliphatic heterocycles. The Balaban J connectivity index is 2.03. The molecule has 0 saturated carbocycles. The molecule has 0 spiro atoms. The Morgan fingerprint density at radius 1 is 1.40 bits per heavy atom. The number of aryl methyl sites for hydroxylation is 1. The van der Waals surface area contributed by atoms with Crippen molar-refractivity contribution in [2.75, 3.05) is 7.11 Å². The standard InChI is InChI=1S/C14H12ClNO3S/c1-16-10-4-3-8(5-11(10)19-14(16)17)13(15)12-6-9(18-2)7-20-12/h3-7,13H,1-2H3. The number of rotatable bonds is 3. The molecule has 2 aromatic heterocycles. The molecule has 104 valence electrons. The number of aromatic nitrogens is 1. The number of oxazole rings is 1. The second-order valence-corrected chi connectivity index (χ2v) is 5.78. The van der Waals surface area contributed by atoms with Crippen molar-refractivity contribution in [2.24, 2.45) is 7.05 Å². The predicted octanol–water partition coefficient (Wildman–Crippen LogP) is 3.53. The van der Waals surface area contributed by atoms with Gasteiger partial charge in [0, 0.05) is 17.3 Å². The van der Waals surface area contributed by atoms with E-state index in [4.69, 9.17) is 20.8 Å². The average Bonchev–Trinajstić information content (AvgIpc) is 3.04. The van der Waals surface area contributed by atoms with E-state index in [2.05, 4.69) is 0 Å². The first-order chi connectivity index (χ1) is 9.60. The Bertz CT molecular complexity index is 817. The quantitative estimate of drug-likeness (QED) is 0.695. The summed E-state index contributed by atoms with van der Waals surface area (Å²) in [6.45, 7) is 0. The fourth-order valence-corrected chi connectivity index (χ4v) is 3.26. The molecule has 1 unspecified atom stereocenters. The van der Waals surface area contributed by atoms with E-state index >= 15 is 0 Å². The molecule has 6 heteroatoms. The predicted molar refractivity (Wildman–Crippen MR) is 80.0 cm³/mol. The lowest BCUT2D eigenvalue weighted by Crippen LogP contribution is -2.08. The maximum absolute atomic E-state index is 11.5. The van der Waals surface area contributed by atoms with E-state index in [1.54, 1.807) is 20.2 Å². The largest absolute Gasteiger partial charge is 0.496 e. The molecule has 2 heterocycles. The van der Waals surface area contributed by atoms with Crippen LogP contribution < -0.4 is 10.5 Å². The van der Waals surface area contributed by atoms with Crippen molar-refractivity contribution in [3.63, 3.8) is 0 Å². The SMILES string of the molecule is COc1csc(C(Cl)c2ccc3c(c2)oc(=O)n3C)c1. The normalized spacial score (nSPS) is 12.8. The maximum atomic E-state index is 11.5. The highest BCUT2D eigenvalue weighted by molar-refractivity contribution is 7.10. The Kier molecular flexibility index (Phi) is 3.31. The Morgan fingerprint density at radius 2 is 2.20 bits per heavy atom. The van der Waals surface area contributed by atoms with Crippen LogP contribution in [0, 0.1) is 0 Å². The zero-order chi connectivity index (χ0) is 14.3. The lowest BCUT2D eigenvalue weighted by atomic mass is 10.1. The Morgan fingerprint density at radius 3 is 2.90 bits per heavy atom. The molecule has 0 bridgehead atoms. The van der Waals surface area contributed by atoms with Gasteiger partial charge in [0.15, 0.2) is 5.58 Å². The van der Waals surface area contributed by atoms with Crippen LogP contribution in [0.2, 0.25) is 0 Å². The van der Waals surface area contributed by atoms with Gasteiger partial charge in [-0.25, -0.2) is 4.79 Å². The van der Waals surface area contributed by atoms with Crippen molar-refractivity contribution >= 4 is 34.0 Å². The summed E-state index contributed by atoms with van der Waals surface area (Å²) in [4.78, 5) is 12.5. The van der Waals surface area contributed by atoms with Crippen LogP contribution in [0.5, 0.6) is 5.75 Å². The molecular formula is C14H12ClNO3S. The molecule has 0 radical (unpaired) electrons. The lowest BCUT2D eigenvalue weighted by molar-refractivity contribution is 0.416. The molecular weight excluding hydrogens is 298 g/mol. The van der Waals surface area contributed by atoms with E-state index in [1.165, 1.54) is 15.9 Å². The molecule has 3 aromatic rings. The summed E-state index contributed by atoms with van der Waals surface area (Å²) in [6, 6.07) is 7.46. The van der Waals surface area contributed by atoms with Crippen molar-refractivity contribution in [2.45, 2.75) is 5.38 Å². The molecule has 20 heavy (non-hydrogen) atoms. The number of hydrogen-bond donors (Lipinski definition) is 0. The summed E-state index contributed by atoms with van der Waals surface area (Å²) in [5, 5.41) is 1.62. The van der Waals surface area contributed by atoms with Gasteiger partial charge in [-0.1, -0.05) is 6.07 Å². The van der Waals surface area contributed by atoms with E-state index in [-0.39, 0.29) is 11.1 Å². The Labute approximate surface area is 124 Å². The van der Waals surface area contributed by atoms with Gasteiger partial charge in [0.25, 0.3) is 0 Å². The van der Waals surface area contributed by atoms with Crippen LogP contribution in [0.15, 0.2) is 38.9 Å². The maximum Gasteiger partial charge on any atom is 0.419 e. The van der Waals surface area contributed by atoms with Crippen LogP contribution in [-0.4, -0.2) is 11.7 Å². The number of benzene rings is 1. The first kappa shape index (κ1) is 13.3. The number of halogens is 1. The van der Waals surface area contributed by atoms with Crippen LogP contribution >= 0.6 is 22.9 Å². The summed E-state index contributed by atoms with van der Waals surface area (Å²) in [6.07, 6.45) is 0. The Hall–Kier alpha value is -1.72. The third-order valence-corrected chi connectivity index (χ3v) is 4.78. The van der Waals surface area contributed by atoms with Gasteiger partial charge in [0.1, 0.15) is 5.75 Å². The topological polar surface area (TPSA) is 44.4 Å². The van der Waals surface area contributed by atoms with Gasteiger partial charge in [0.05, 0.1) is 18.0 Å². The van der Waals surface area contributed by atoms with Gasteiger partial charge < -0.3 is 9.15 Å². The number of ether oxygens (including phenoxy) is 1. The number of nitrogens with zero attached hydrogens (tertiary/aromatic N) is 1. The van der Waals surface area contributed by atoms with Crippen molar-refractivity contribution in [3.05, 3.63) is 50.6 Å². The van der Waals surface area contributed by atoms with Crippen LogP contribution in [0.25, 0.3) is 11.1 Å². The number of methoxy groups -OCH3 is 1. The van der Waals surface area contributed by atoms with Gasteiger partial charge >= 0.3 is 5.76 Å². The van der Waals surface area contributed by atoms with Gasteiger partial charge in [-0.2, -0.15) is 0 Å². The van der Waals surface area contributed by atoms with Crippen molar-refractivity contribution in [1.29, 1.82) is 0 Å². The molecule has 0 N–H and O–H groups in total. The van der Waals surface area contributed by atoms with E-state index in [0.29, 0.717) is 5.58 Å². The monoisotopic (exact) mass is 309 g/mol. The highest BCUT2D eigenvalue weighted by atomic mass is 35.5. The molecule has 0 saturated heterocycles. The van der Waals surface area contributed by atoms with Crippen molar-refractivity contribution < 1.29 is 9.15 Å². The fraction of sp³-hybridized carbons (Fsp3) is 0.214. The smallest absolute Gasteiger partial charge is 0.419 e. The minimum atomic E-state index is -0.374. The second kappa shape index (κ2) is 5.00. The van der Waals surface area contributed by atoms with Gasteiger partial charge in [0.2, 0.25) is 0 Å². The number of thiophene rings is 1. The number of fused-ring (bicyclic) bond motifs is 1. The molecule has 0 aliphatic rings. The highest BCUT2D eigenvalue weighted by Gasteiger charge is 2.16. The van der Waals surface area contributed by atoms with Gasteiger partial charge in [-0.3, -0.25) is 4.57 Å². The first-order valence-corrected chi connectivity index (χ1v) is 7.27. The van der Waals surface area contributed by atoms with E-state index < -0.39 is 0 Å². The lowest BCUT2D eigenvalue weighted by Gasteiger charge is -2.07. The molecule has 0 amide bonds. The van der Waals surface area contributed by atoms with E-state index in [0.717, 1.165) is 21.7 Å². The van der Waals surface area contributed by atoms with Crippen molar-refractivity contribution in [3.8, 4) is 5.75 Å². The van der Waals surface area contributed by atoms with Gasteiger partial charge in [-0.05, 0) is 23.8 Å². The zero-order valence-electron chi connectivity index (χ0n) is 10.9. The summed E-state index contributed by atoms with van der Waals surface area (Å²) in [7, 11) is 3.30. The molecule has 4 nitrogen and oxygen atoms in total. The van der Waals surface area contributed by atoms with E-state index in [9.17, 15) is 4.79 Å². The van der Waals surface area contributed by atoms with E-state index in [1.807, 2.05) is 23.6 Å². The summed E-state index contributed by atoms with van der Waals surface area (Å²) < 4.78 is 11.8. The molecule has 3 rings (SSSR count). The molecule has 0 fully saturated rings. The number of hydrogen-bond acceptors (Lipinski definition) is 4. The number of alkyl halides is 1.